The molecule has 20 heavy (non-hydrogen) atoms. The van der Waals surface area contributed by atoms with E-state index in [1.807, 2.05) is 6.92 Å². The summed E-state index contributed by atoms with van der Waals surface area (Å²) in [6.45, 7) is 4.26. The highest BCUT2D eigenvalue weighted by Crippen LogP contribution is 2.30. The fourth-order valence-electron chi connectivity index (χ4n) is 2.30. The van der Waals surface area contributed by atoms with Crippen LogP contribution in [0.1, 0.15) is 37.5 Å². The van der Waals surface area contributed by atoms with Crippen molar-refractivity contribution in [1.29, 1.82) is 0 Å². The molecule has 0 aliphatic carbocycles. The molecule has 0 amide bonds. The molecule has 0 N–H and O–H groups in total. The van der Waals surface area contributed by atoms with Crippen molar-refractivity contribution in [2.45, 2.75) is 31.7 Å². The first-order valence-electron chi connectivity index (χ1n) is 6.45. The standard InChI is InChI=1S/C14H17ClF2N2O/c1-8(4-5-20-3)19-12-7-10(16)6-11(17)13(12)18-14(19)9(2)15/h6-9H,4-5H2,1-3H3. The topological polar surface area (TPSA) is 27.1 Å². The van der Waals surface area contributed by atoms with Gasteiger partial charge in [0.1, 0.15) is 17.2 Å². The monoisotopic (exact) mass is 302 g/mol. The molecule has 1 heterocycles. The maximum Gasteiger partial charge on any atom is 0.153 e. The van der Waals surface area contributed by atoms with Gasteiger partial charge in [-0.15, -0.1) is 11.6 Å². The molecule has 6 heteroatoms. The van der Waals surface area contributed by atoms with Crippen LogP contribution in [0.4, 0.5) is 8.78 Å². The Labute approximate surface area is 121 Å². The first kappa shape index (κ1) is 15.2. The Morgan fingerprint density at radius 1 is 1.35 bits per heavy atom. The van der Waals surface area contributed by atoms with Crippen molar-refractivity contribution in [3.63, 3.8) is 0 Å². The molecule has 0 spiro atoms. The Balaban J connectivity index is 2.62. The van der Waals surface area contributed by atoms with Crippen LogP contribution in [-0.4, -0.2) is 23.3 Å². The predicted molar refractivity (Wildman–Crippen MR) is 75.1 cm³/mol. The van der Waals surface area contributed by atoms with Crippen LogP contribution in [0, 0.1) is 11.6 Å². The number of ether oxygens (including phenoxy) is 1. The molecule has 2 aromatic rings. The molecule has 110 valence electrons. The van der Waals surface area contributed by atoms with Gasteiger partial charge in [0, 0.05) is 25.8 Å². The van der Waals surface area contributed by atoms with E-state index in [1.165, 1.54) is 6.07 Å². The van der Waals surface area contributed by atoms with Crippen LogP contribution in [0.5, 0.6) is 0 Å². The minimum atomic E-state index is -0.670. The highest BCUT2D eigenvalue weighted by Gasteiger charge is 2.21. The lowest BCUT2D eigenvalue weighted by Crippen LogP contribution is -2.12. The molecule has 2 unspecified atom stereocenters. The van der Waals surface area contributed by atoms with Crippen molar-refractivity contribution in [1.82, 2.24) is 9.55 Å². The van der Waals surface area contributed by atoms with E-state index in [2.05, 4.69) is 4.98 Å². The summed E-state index contributed by atoms with van der Waals surface area (Å²) in [6.07, 6.45) is 0.705. The number of halogens is 3. The molecule has 0 aliphatic heterocycles. The summed E-state index contributed by atoms with van der Waals surface area (Å²) in [5.74, 6) is -0.755. The first-order chi connectivity index (χ1) is 9.45. The molecule has 3 nitrogen and oxygen atoms in total. The highest BCUT2D eigenvalue weighted by molar-refractivity contribution is 6.20. The Morgan fingerprint density at radius 3 is 2.65 bits per heavy atom. The molecule has 0 saturated heterocycles. The number of aromatic nitrogens is 2. The van der Waals surface area contributed by atoms with Crippen LogP contribution in [0.15, 0.2) is 12.1 Å². The second-order valence-corrected chi connectivity index (χ2v) is 5.50. The fraction of sp³-hybridized carbons (Fsp3) is 0.500. The molecule has 2 atom stereocenters. The Morgan fingerprint density at radius 2 is 2.05 bits per heavy atom. The van der Waals surface area contributed by atoms with Crippen LogP contribution < -0.4 is 0 Å². The summed E-state index contributed by atoms with van der Waals surface area (Å²) in [4.78, 5) is 4.23. The molecule has 2 rings (SSSR count). The molecule has 0 bridgehead atoms. The number of imidazole rings is 1. The summed E-state index contributed by atoms with van der Waals surface area (Å²) < 4.78 is 34.1. The van der Waals surface area contributed by atoms with Crippen LogP contribution in [0.25, 0.3) is 11.0 Å². The molecular weight excluding hydrogens is 286 g/mol. The Hall–Kier alpha value is -1.20. The van der Waals surface area contributed by atoms with Crippen molar-refractivity contribution in [3.05, 3.63) is 29.6 Å². The quantitative estimate of drug-likeness (QED) is 0.774. The number of fused-ring (bicyclic) bond motifs is 1. The number of alkyl halides is 1. The van der Waals surface area contributed by atoms with Crippen molar-refractivity contribution >= 4 is 22.6 Å². The fourth-order valence-corrected chi connectivity index (χ4v) is 2.45. The second kappa shape index (κ2) is 6.06. The van der Waals surface area contributed by atoms with Gasteiger partial charge in [0.15, 0.2) is 5.82 Å². The van der Waals surface area contributed by atoms with E-state index < -0.39 is 17.0 Å². The van der Waals surface area contributed by atoms with Crippen molar-refractivity contribution in [3.8, 4) is 0 Å². The van der Waals surface area contributed by atoms with E-state index in [1.54, 1.807) is 18.6 Å². The number of nitrogens with zero attached hydrogens (tertiary/aromatic N) is 2. The zero-order chi connectivity index (χ0) is 14.9. The van der Waals surface area contributed by atoms with Crippen LogP contribution in [-0.2, 0) is 4.74 Å². The van der Waals surface area contributed by atoms with E-state index in [4.69, 9.17) is 16.3 Å². The molecule has 1 aromatic heterocycles. The predicted octanol–water partition coefficient (Wildman–Crippen LogP) is 4.21. The molecule has 0 aliphatic rings. The lowest BCUT2D eigenvalue weighted by atomic mass is 10.2. The third kappa shape index (κ3) is 2.79. The van der Waals surface area contributed by atoms with E-state index in [9.17, 15) is 8.78 Å². The van der Waals surface area contributed by atoms with E-state index in [0.29, 0.717) is 24.4 Å². The first-order valence-corrected chi connectivity index (χ1v) is 6.89. The second-order valence-electron chi connectivity index (χ2n) is 4.84. The average molecular weight is 303 g/mol. The number of benzene rings is 1. The number of hydrogen-bond acceptors (Lipinski definition) is 2. The molecule has 0 radical (unpaired) electrons. The van der Waals surface area contributed by atoms with Gasteiger partial charge in [-0.3, -0.25) is 0 Å². The Kier molecular flexibility index (Phi) is 4.60. The SMILES string of the molecule is COCCC(C)n1c(C(C)Cl)nc2c(F)cc(F)cc21. The summed E-state index contributed by atoms with van der Waals surface area (Å²) in [7, 11) is 1.61. The van der Waals surface area contributed by atoms with Crippen molar-refractivity contribution in [2.75, 3.05) is 13.7 Å². The van der Waals surface area contributed by atoms with E-state index in [-0.39, 0.29) is 11.6 Å². The van der Waals surface area contributed by atoms with Crippen molar-refractivity contribution < 1.29 is 13.5 Å². The van der Waals surface area contributed by atoms with Gasteiger partial charge in [-0.05, 0) is 26.3 Å². The Bertz CT molecular complexity index is 613. The molecule has 0 saturated carbocycles. The third-order valence-corrected chi connectivity index (χ3v) is 3.47. The molecular formula is C14H17ClF2N2O. The minimum Gasteiger partial charge on any atom is -0.385 e. The number of hydrogen-bond donors (Lipinski definition) is 0. The third-order valence-electron chi connectivity index (χ3n) is 3.28. The zero-order valence-electron chi connectivity index (χ0n) is 11.7. The highest BCUT2D eigenvalue weighted by atomic mass is 35.5. The summed E-state index contributed by atoms with van der Waals surface area (Å²) in [5.41, 5.74) is 0.576. The van der Waals surface area contributed by atoms with Gasteiger partial charge in [-0.25, -0.2) is 13.8 Å². The van der Waals surface area contributed by atoms with Crippen LogP contribution >= 0.6 is 11.6 Å². The van der Waals surface area contributed by atoms with Crippen LogP contribution in [0.2, 0.25) is 0 Å². The van der Waals surface area contributed by atoms with Gasteiger partial charge in [0.25, 0.3) is 0 Å². The van der Waals surface area contributed by atoms with Gasteiger partial charge in [-0.1, -0.05) is 0 Å². The number of methoxy groups -OCH3 is 1. The molecule has 1 aromatic carbocycles. The molecule has 0 fully saturated rings. The lowest BCUT2D eigenvalue weighted by Gasteiger charge is -2.18. The van der Waals surface area contributed by atoms with E-state index in [0.717, 1.165) is 6.07 Å². The summed E-state index contributed by atoms with van der Waals surface area (Å²) >= 11 is 6.12. The van der Waals surface area contributed by atoms with Gasteiger partial charge >= 0.3 is 0 Å². The van der Waals surface area contributed by atoms with Gasteiger partial charge in [-0.2, -0.15) is 0 Å². The summed E-state index contributed by atoms with van der Waals surface area (Å²) in [5, 5.41) is -0.394. The van der Waals surface area contributed by atoms with Crippen molar-refractivity contribution in [2.24, 2.45) is 0 Å². The average Bonchev–Trinajstić information content (AvgIpc) is 2.75. The lowest BCUT2D eigenvalue weighted by molar-refractivity contribution is 0.181. The maximum absolute atomic E-state index is 13.8. The smallest absolute Gasteiger partial charge is 0.153 e. The minimum absolute atomic E-state index is 0.0163. The maximum atomic E-state index is 13.8. The largest absolute Gasteiger partial charge is 0.385 e. The number of rotatable bonds is 5. The van der Waals surface area contributed by atoms with E-state index >= 15 is 0 Å². The van der Waals surface area contributed by atoms with Gasteiger partial charge in [0.05, 0.1) is 10.9 Å². The summed E-state index contributed by atoms with van der Waals surface area (Å²) in [6, 6.07) is 2.11. The van der Waals surface area contributed by atoms with Gasteiger partial charge < -0.3 is 9.30 Å². The zero-order valence-corrected chi connectivity index (χ0v) is 12.4. The normalized spacial score (nSPS) is 14.7. The van der Waals surface area contributed by atoms with Crippen LogP contribution in [0.3, 0.4) is 0 Å². The van der Waals surface area contributed by atoms with Gasteiger partial charge in [0.2, 0.25) is 0 Å².